The summed E-state index contributed by atoms with van der Waals surface area (Å²) in [5.41, 5.74) is 5.13. The fourth-order valence-electron chi connectivity index (χ4n) is 1.87. The third-order valence-corrected chi connectivity index (χ3v) is 2.84. The summed E-state index contributed by atoms with van der Waals surface area (Å²) in [7, 11) is 0. The lowest BCUT2D eigenvalue weighted by Gasteiger charge is -2.18. The molecule has 0 radical (unpaired) electrons. The van der Waals surface area contributed by atoms with Crippen LogP contribution in [0.5, 0.6) is 5.75 Å². The Labute approximate surface area is 115 Å². The number of benzene rings is 2. The van der Waals surface area contributed by atoms with Gasteiger partial charge in [0.1, 0.15) is 12.4 Å². The number of halogens is 3. The highest BCUT2D eigenvalue weighted by molar-refractivity contribution is 5.32. The maximum absolute atomic E-state index is 12.9. The van der Waals surface area contributed by atoms with Crippen LogP contribution in [0.2, 0.25) is 0 Å². The average molecular weight is 281 g/mol. The molecule has 5 heteroatoms. The van der Waals surface area contributed by atoms with E-state index in [1.165, 1.54) is 18.2 Å². The lowest BCUT2D eigenvalue weighted by molar-refractivity contribution is -0.138. The van der Waals surface area contributed by atoms with Crippen LogP contribution in [-0.2, 0) is 6.18 Å². The highest BCUT2D eigenvalue weighted by Crippen LogP contribution is 2.34. The normalized spacial score (nSPS) is 13.0. The van der Waals surface area contributed by atoms with E-state index in [-0.39, 0.29) is 12.2 Å². The Hall–Kier alpha value is -2.01. The molecule has 2 nitrogen and oxygen atoms in total. The van der Waals surface area contributed by atoms with Gasteiger partial charge < -0.3 is 10.5 Å². The Balaban J connectivity index is 2.12. The Morgan fingerprint density at radius 2 is 1.55 bits per heavy atom. The van der Waals surface area contributed by atoms with Crippen LogP contribution in [0.4, 0.5) is 13.2 Å². The Morgan fingerprint density at radius 3 is 2.20 bits per heavy atom. The minimum atomic E-state index is -4.42. The SMILES string of the molecule is NC(COc1ccccc1)c1ccccc1C(F)(F)F. The minimum absolute atomic E-state index is 0.0168. The largest absolute Gasteiger partial charge is 0.492 e. The summed E-state index contributed by atoms with van der Waals surface area (Å²) in [5, 5.41) is 0. The lowest BCUT2D eigenvalue weighted by atomic mass is 10.0. The summed E-state index contributed by atoms with van der Waals surface area (Å²) in [6.45, 7) is -0.0168. The molecule has 0 saturated heterocycles. The molecule has 0 spiro atoms. The van der Waals surface area contributed by atoms with Gasteiger partial charge in [0, 0.05) is 0 Å². The summed E-state index contributed by atoms with van der Waals surface area (Å²) in [6, 6.07) is 13.3. The maximum Gasteiger partial charge on any atom is 0.416 e. The van der Waals surface area contributed by atoms with Gasteiger partial charge in [0.25, 0.3) is 0 Å². The molecule has 20 heavy (non-hydrogen) atoms. The van der Waals surface area contributed by atoms with Crippen molar-refractivity contribution < 1.29 is 17.9 Å². The number of nitrogens with two attached hydrogens (primary N) is 1. The number of rotatable bonds is 4. The molecule has 0 bridgehead atoms. The van der Waals surface area contributed by atoms with E-state index in [1.54, 1.807) is 24.3 Å². The van der Waals surface area contributed by atoms with Crippen molar-refractivity contribution in [1.29, 1.82) is 0 Å². The van der Waals surface area contributed by atoms with E-state index in [0.29, 0.717) is 5.75 Å². The molecule has 0 amide bonds. The van der Waals surface area contributed by atoms with E-state index >= 15 is 0 Å². The molecule has 0 heterocycles. The zero-order valence-electron chi connectivity index (χ0n) is 10.6. The Morgan fingerprint density at radius 1 is 0.950 bits per heavy atom. The topological polar surface area (TPSA) is 35.2 Å². The van der Waals surface area contributed by atoms with Crippen molar-refractivity contribution in [2.45, 2.75) is 12.2 Å². The first kappa shape index (κ1) is 14.4. The molecule has 0 aromatic heterocycles. The standard InChI is InChI=1S/C15H14F3NO/c16-15(17,18)13-9-5-4-8-12(13)14(19)10-20-11-6-2-1-3-7-11/h1-9,14H,10,19H2. The lowest BCUT2D eigenvalue weighted by Crippen LogP contribution is -2.23. The second-order valence-corrected chi connectivity index (χ2v) is 4.32. The Kier molecular flexibility index (Phi) is 4.29. The van der Waals surface area contributed by atoms with E-state index < -0.39 is 17.8 Å². The zero-order valence-corrected chi connectivity index (χ0v) is 10.6. The van der Waals surface area contributed by atoms with Crippen LogP contribution in [0.1, 0.15) is 17.2 Å². The summed E-state index contributed by atoms with van der Waals surface area (Å²) in [4.78, 5) is 0. The van der Waals surface area contributed by atoms with Gasteiger partial charge in [-0.05, 0) is 23.8 Å². The van der Waals surface area contributed by atoms with Crippen LogP contribution in [0.15, 0.2) is 54.6 Å². The fourth-order valence-corrected chi connectivity index (χ4v) is 1.87. The van der Waals surface area contributed by atoms with Crippen molar-refractivity contribution >= 4 is 0 Å². The molecular formula is C15H14F3NO. The van der Waals surface area contributed by atoms with E-state index in [9.17, 15) is 13.2 Å². The van der Waals surface area contributed by atoms with Gasteiger partial charge in [0.2, 0.25) is 0 Å². The van der Waals surface area contributed by atoms with Crippen molar-refractivity contribution in [1.82, 2.24) is 0 Å². The van der Waals surface area contributed by atoms with E-state index in [0.717, 1.165) is 6.07 Å². The molecule has 0 aliphatic rings. The molecule has 2 N–H and O–H groups in total. The van der Waals surface area contributed by atoms with Gasteiger partial charge in [-0.15, -0.1) is 0 Å². The first-order chi connectivity index (χ1) is 9.48. The van der Waals surface area contributed by atoms with Gasteiger partial charge >= 0.3 is 6.18 Å². The smallest absolute Gasteiger partial charge is 0.416 e. The highest BCUT2D eigenvalue weighted by atomic mass is 19.4. The quantitative estimate of drug-likeness (QED) is 0.925. The van der Waals surface area contributed by atoms with Gasteiger partial charge in [-0.3, -0.25) is 0 Å². The van der Waals surface area contributed by atoms with Gasteiger partial charge in [-0.1, -0.05) is 36.4 Å². The van der Waals surface area contributed by atoms with Crippen molar-refractivity contribution in [2.24, 2.45) is 5.73 Å². The molecular weight excluding hydrogens is 267 g/mol. The van der Waals surface area contributed by atoms with E-state index in [2.05, 4.69) is 0 Å². The first-order valence-corrected chi connectivity index (χ1v) is 6.08. The second-order valence-electron chi connectivity index (χ2n) is 4.32. The van der Waals surface area contributed by atoms with Crippen molar-refractivity contribution in [2.75, 3.05) is 6.61 Å². The van der Waals surface area contributed by atoms with Gasteiger partial charge in [-0.2, -0.15) is 13.2 Å². The Bertz CT molecular complexity index is 555. The predicted molar refractivity (Wildman–Crippen MR) is 70.3 cm³/mol. The van der Waals surface area contributed by atoms with Crippen molar-refractivity contribution in [3.05, 3.63) is 65.7 Å². The summed E-state index contributed by atoms with van der Waals surface area (Å²) in [5.74, 6) is 0.576. The van der Waals surface area contributed by atoms with Gasteiger partial charge in [-0.25, -0.2) is 0 Å². The molecule has 2 aromatic rings. The average Bonchev–Trinajstić information content (AvgIpc) is 2.45. The third kappa shape index (κ3) is 3.51. The molecule has 106 valence electrons. The third-order valence-electron chi connectivity index (χ3n) is 2.84. The molecule has 2 aromatic carbocycles. The molecule has 0 aliphatic carbocycles. The number of hydrogen-bond acceptors (Lipinski definition) is 2. The fraction of sp³-hybridized carbons (Fsp3) is 0.200. The zero-order chi connectivity index (χ0) is 14.6. The molecule has 0 fully saturated rings. The van der Waals surface area contributed by atoms with Gasteiger partial charge in [0.15, 0.2) is 0 Å². The molecule has 0 saturated carbocycles. The molecule has 1 atom stereocenters. The predicted octanol–water partition coefficient (Wildman–Crippen LogP) is 3.78. The number of ether oxygens (including phenoxy) is 1. The van der Waals surface area contributed by atoms with Crippen molar-refractivity contribution in [3.63, 3.8) is 0 Å². The maximum atomic E-state index is 12.9. The van der Waals surface area contributed by atoms with Crippen LogP contribution in [0.25, 0.3) is 0 Å². The summed E-state index contributed by atoms with van der Waals surface area (Å²) >= 11 is 0. The van der Waals surface area contributed by atoms with Crippen LogP contribution < -0.4 is 10.5 Å². The van der Waals surface area contributed by atoms with Crippen LogP contribution >= 0.6 is 0 Å². The minimum Gasteiger partial charge on any atom is -0.492 e. The molecule has 1 unspecified atom stereocenters. The number of para-hydroxylation sites is 1. The van der Waals surface area contributed by atoms with Crippen LogP contribution in [0, 0.1) is 0 Å². The molecule has 0 aliphatic heterocycles. The summed E-state index contributed by atoms with van der Waals surface area (Å²) in [6.07, 6.45) is -4.42. The van der Waals surface area contributed by atoms with E-state index in [1.807, 2.05) is 6.07 Å². The second kappa shape index (κ2) is 5.96. The number of alkyl halides is 3. The molecule has 2 rings (SSSR count). The van der Waals surface area contributed by atoms with E-state index in [4.69, 9.17) is 10.5 Å². The van der Waals surface area contributed by atoms with Crippen molar-refractivity contribution in [3.8, 4) is 5.75 Å². The first-order valence-electron chi connectivity index (χ1n) is 6.08. The number of hydrogen-bond donors (Lipinski definition) is 1. The van der Waals surface area contributed by atoms with Gasteiger partial charge in [0.05, 0.1) is 11.6 Å². The monoisotopic (exact) mass is 281 g/mol. The van der Waals surface area contributed by atoms with Crippen LogP contribution in [-0.4, -0.2) is 6.61 Å². The van der Waals surface area contributed by atoms with Crippen LogP contribution in [0.3, 0.4) is 0 Å². The summed E-state index contributed by atoms with van der Waals surface area (Å²) < 4.78 is 44.0. The highest BCUT2D eigenvalue weighted by Gasteiger charge is 2.34.